The Kier molecular flexibility index (Phi) is 3.96. The summed E-state index contributed by atoms with van der Waals surface area (Å²) >= 11 is 0. The van der Waals surface area contributed by atoms with Crippen LogP contribution in [0.15, 0.2) is 73.1 Å². The summed E-state index contributed by atoms with van der Waals surface area (Å²) in [5.74, 6) is -0.191. The molecule has 4 rings (SSSR count). The number of aromatic nitrogens is 3. The summed E-state index contributed by atoms with van der Waals surface area (Å²) in [6, 6.07) is 19.8. The third kappa shape index (κ3) is 3.26. The summed E-state index contributed by atoms with van der Waals surface area (Å²) < 4.78 is 0. The van der Waals surface area contributed by atoms with Crippen molar-refractivity contribution < 1.29 is 4.79 Å². The lowest BCUT2D eigenvalue weighted by Gasteiger charge is -2.02. The number of carbonyl (C=O) groups is 1. The van der Waals surface area contributed by atoms with Crippen LogP contribution in [0.25, 0.3) is 22.0 Å². The number of hydrogen-bond acceptors (Lipinski definition) is 3. The minimum Gasteiger partial charge on any atom is -0.347 e. The van der Waals surface area contributed by atoms with Crippen LogP contribution in [0.3, 0.4) is 0 Å². The molecule has 0 saturated carbocycles. The monoisotopic (exact) mass is 328 g/mol. The number of pyridine rings is 1. The SMILES string of the molecule is O=C(NCc1cccnc1)c1cc(-c2ccc3ccccc3c2)n[nH]1. The Morgan fingerprint density at radius 2 is 1.88 bits per heavy atom. The second-order valence-electron chi connectivity index (χ2n) is 5.77. The van der Waals surface area contributed by atoms with Gasteiger partial charge in [0.25, 0.3) is 5.91 Å². The van der Waals surface area contributed by atoms with Crippen LogP contribution < -0.4 is 5.32 Å². The first-order chi connectivity index (χ1) is 12.3. The number of benzene rings is 2. The molecule has 2 aromatic carbocycles. The van der Waals surface area contributed by atoms with Crippen molar-refractivity contribution in [3.8, 4) is 11.3 Å². The van der Waals surface area contributed by atoms with Crippen LogP contribution in [0.4, 0.5) is 0 Å². The molecule has 1 amide bonds. The molecule has 122 valence electrons. The van der Waals surface area contributed by atoms with Crippen LogP contribution in [0.2, 0.25) is 0 Å². The van der Waals surface area contributed by atoms with E-state index in [1.54, 1.807) is 18.5 Å². The highest BCUT2D eigenvalue weighted by Gasteiger charge is 2.11. The molecule has 2 aromatic heterocycles. The van der Waals surface area contributed by atoms with Gasteiger partial charge in [0.2, 0.25) is 0 Å². The van der Waals surface area contributed by atoms with E-state index in [1.165, 1.54) is 5.39 Å². The lowest BCUT2D eigenvalue weighted by Crippen LogP contribution is -2.23. The average molecular weight is 328 g/mol. The maximum absolute atomic E-state index is 12.3. The van der Waals surface area contributed by atoms with Gasteiger partial charge in [-0.25, -0.2) is 0 Å². The van der Waals surface area contributed by atoms with E-state index in [0.717, 1.165) is 22.2 Å². The molecule has 0 radical (unpaired) electrons. The number of amides is 1. The van der Waals surface area contributed by atoms with E-state index < -0.39 is 0 Å². The molecular formula is C20H16N4O. The van der Waals surface area contributed by atoms with Crippen molar-refractivity contribution in [2.24, 2.45) is 0 Å². The molecule has 2 N–H and O–H groups in total. The van der Waals surface area contributed by atoms with Gasteiger partial charge in [0.05, 0.1) is 5.69 Å². The molecule has 0 atom stereocenters. The number of H-pyrrole nitrogens is 1. The van der Waals surface area contributed by atoms with E-state index in [4.69, 9.17) is 0 Å². The van der Waals surface area contributed by atoms with Crippen LogP contribution in [0.1, 0.15) is 16.1 Å². The Bertz CT molecular complexity index is 1020. The van der Waals surface area contributed by atoms with Crippen molar-refractivity contribution >= 4 is 16.7 Å². The number of hydrogen-bond donors (Lipinski definition) is 2. The number of carbonyl (C=O) groups excluding carboxylic acids is 1. The molecule has 0 aliphatic carbocycles. The molecule has 0 aliphatic heterocycles. The van der Waals surface area contributed by atoms with E-state index in [2.05, 4.69) is 44.8 Å². The lowest BCUT2D eigenvalue weighted by molar-refractivity contribution is 0.0946. The van der Waals surface area contributed by atoms with Crippen LogP contribution in [0.5, 0.6) is 0 Å². The van der Waals surface area contributed by atoms with Crippen molar-refractivity contribution in [3.05, 3.63) is 84.3 Å². The van der Waals surface area contributed by atoms with Crippen molar-refractivity contribution in [2.75, 3.05) is 0 Å². The van der Waals surface area contributed by atoms with Gasteiger partial charge in [0.15, 0.2) is 0 Å². The summed E-state index contributed by atoms with van der Waals surface area (Å²) in [6.45, 7) is 0.428. The highest BCUT2D eigenvalue weighted by Crippen LogP contribution is 2.23. The zero-order valence-corrected chi connectivity index (χ0v) is 13.4. The highest BCUT2D eigenvalue weighted by molar-refractivity contribution is 5.94. The Morgan fingerprint density at radius 1 is 1.00 bits per heavy atom. The number of rotatable bonds is 4. The van der Waals surface area contributed by atoms with E-state index in [1.807, 2.05) is 30.3 Å². The molecule has 0 saturated heterocycles. The van der Waals surface area contributed by atoms with Crippen molar-refractivity contribution in [2.45, 2.75) is 6.54 Å². The maximum Gasteiger partial charge on any atom is 0.269 e. The molecule has 4 aromatic rings. The number of fused-ring (bicyclic) bond motifs is 1. The van der Waals surface area contributed by atoms with E-state index in [-0.39, 0.29) is 5.91 Å². The molecule has 2 heterocycles. The molecule has 0 spiro atoms. The molecule has 0 aliphatic rings. The van der Waals surface area contributed by atoms with Gasteiger partial charge in [0.1, 0.15) is 5.69 Å². The van der Waals surface area contributed by atoms with E-state index in [0.29, 0.717) is 12.2 Å². The van der Waals surface area contributed by atoms with Gasteiger partial charge in [-0.15, -0.1) is 0 Å². The summed E-state index contributed by atoms with van der Waals surface area (Å²) in [5.41, 5.74) is 3.11. The Hall–Kier alpha value is -3.47. The van der Waals surface area contributed by atoms with E-state index in [9.17, 15) is 4.79 Å². The average Bonchev–Trinajstić information content (AvgIpc) is 3.17. The molecule has 0 bridgehead atoms. The first-order valence-corrected chi connectivity index (χ1v) is 8.01. The first-order valence-electron chi connectivity index (χ1n) is 8.01. The topological polar surface area (TPSA) is 70.7 Å². The summed E-state index contributed by atoms with van der Waals surface area (Å²) in [4.78, 5) is 16.3. The van der Waals surface area contributed by atoms with Crippen molar-refractivity contribution in [1.29, 1.82) is 0 Å². The lowest BCUT2D eigenvalue weighted by atomic mass is 10.1. The maximum atomic E-state index is 12.3. The minimum atomic E-state index is -0.191. The zero-order valence-electron chi connectivity index (χ0n) is 13.4. The van der Waals surface area contributed by atoms with Crippen LogP contribution >= 0.6 is 0 Å². The number of aromatic amines is 1. The standard InChI is InChI=1S/C20H16N4O/c25-20(22-13-14-4-3-9-21-12-14)19-11-18(23-24-19)17-8-7-15-5-1-2-6-16(15)10-17/h1-12H,13H2,(H,22,25)(H,23,24). The van der Waals surface area contributed by atoms with Gasteiger partial charge in [-0.3, -0.25) is 14.9 Å². The normalized spacial score (nSPS) is 10.7. The predicted octanol–water partition coefficient (Wildman–Crippen LogP) is 3.55. The van der Waals surface area contributed by atoms with Crippen molar-refractivity contribution in [3.63, 3.8) is 0 Å². The highest BCUT2D eigenvalue weighted by atomic mass is 16.1. The summed E-state index contributed by atoms with van der Waals surface area (Å²) in [6.07, 6.45) is 3.43. The van der Waals surface area contributed by atoms with Gasteiger partial charge >= 0.3 is 0 Å². The minimum absolute atomic E-state index is 0.191. The van der Waals surface area contributed by atoms with Gasteiger partial charge in [-0.2, -0.15) is 5.10 Å². The van der Waals surface area contributed by atoms with Gasteiger partial charge < -0.3 is 5.32 Å². The summed E-state index contributed by atoms with van der Waals surface area (Å²) in [5, 5.41) is 12.3. The zero-order chi connectivity index (χ0) is 17.1. The third-order valence-corrected chi connectivity index (χ3v) is 4.04. The van der Waals surface area contributed by atoms with Crippen LogP contribution in [-0.4, -0.2) is 21.1 Å². The van der Waals surface area contributed by atoms with Gasteiger partial charge in [0, 0.05) is 24.5 Å². The largest absolute Gasteiger partial charge is 0.347 e. The fourth-order valence-electron chi connectivity index (χ4n) is 2.71. The predicted molar refractivity (Wildman–Crippen MR) is 96.9 cm³/mol. The van der Waals surface area contributed by atoms with Crippen LogP contribution in [-0.2, 0) is 6.54 Å². The van der Waals surface area contributed by atoms with Crippen molar-refractivity contribution in [1.82, 2.24) is 20.5 Å². The number of nitrogens with zero attached hydrogens (tertiary/aromatic N) is 2. The fraction of sp³-hybridized carbons (Fsp3) is 0.0500. The molecule has 5 heteroatoms. The Morgan fingerprint density at radius 3 is 2.72 bits per heavy atom. The van der Waals surface area contributed by atoms with Crippen LogP contribution in [0, 0.1) is 0 Å². The second kappa shape index (κ2) is 6.57. The van der Waals surface area contributed by atoms with Gasteiger partial charge in [-0.1, -0.05) is 42.5 Å². The summed E-state index contributed by atoms with van der Waals surface area (Å²) in [7, 11) is 0. The Labute approximate surface area is 144 Å². The molecule has 0 fully saturated rings. The fourth-order valence-corrected chi connectivity index (χ4v) is 2.71. The third-order valence-electron chi connectivity index (χ3n) is 4.04. The molecule has 25 heavy (non-hydrogen) atoms. The molecular weight excluding hydrogens is 312 g/mol. The number of nitrogens with one attached hydrogen (secondary N) is 2. The molecule has 5 nitrogen and oxygen atoms in total. The Balaban J connectivity index is 1.51. The smallest absolute Gasteiger partial charge is 0.269 e. The quantitative estimate of drug-likeness (QED) is 0.602. The molecule has 0 unspecified atom stereocenters. The van der Waals surface area contributed by atoms with Gasteiger partial charge in [-0.05, 0) is 34.5 Å². The second-order valence-corrected chi connectivity index (χ2v) is 5.77. The van der Waals surface area contributed by atoms with E-state index >= 15 is 0 Å². The first kappa shape index (κ1) is 15.1.